The molecule has 1 nitrogen and oxygen atoms in total. The topological polar surface area (TPSA) is 26.0 Å². The molecule has 0 aromatic heterocycles. The summed E-state index contributed by atoms with van der Waals surface area (Å²) < 4.78 is 0. The van der Waals surface area contributed by atoms with Crippen molar-refractivity contribution in [2.24, 2.45) is 34.8 Å². The third kappa shape index (κ3) is 1.95. The molecule has 1 fully saturated rings. The van der Waals surface area contributed by atoms with Crippen LogP contribution in [0.25, 0.3) is 0 Å². The van der Waals surface area contributed by atoms with Gasteiger partial charge in [0, 0.05) is 6.04 Å². The first-order chi connectivity index (χ1) is 6.84. The zero-order chi connectivity index (χ0) is 11.8. The molecule has 0 aliphatic heterocycles. The van der Waals surface area contributed by atoms with E-state index >= 15 is 0 Å². The van der Waals surface area contributed by atoms with Crippen LogP contribution < -0.4 is 5.73 Å². The molecule has 1 aliphatic rings. The Kier molecular flexibility index (Phi) is 3.86. The van der Waals surface area contributed by atoms with Crippen LogP contribution >= 0.6 is 0 Å². The summed E-state index contributed by atoms with van der Waals surface area (Å²) in [4.78, 5) is 0. The van der Waals surface area contributed by atoms with Crippen molar-refractivity contribution in [2.45, 2.75) is 60.4 Å². The van der Waals surface area contributed by atoms with E-state index in [1.165, 1.54) is 12.8 Å². The van der Waals surface area contributed by atoms with Gasteiger partial charge in [0.1, 0.15) is 0 Å². The maximum atomic E-state index is 6.34. The number of hydrogen-bond donors (Lipinski definition) is 1. The molecular formula is C14H29N. The van der Waals surface area contributed by atoms with E-state index in [9.17, 15) is 0 Å². The normalized spacial score (nSPS) is 35.4. The van der Waals surface area contributed by atoms with E-state index in [0.717, 1.165) is 23.7 Å². The van der Waals surface area contributed by atoms with Gasteiger partial charge in [-0.2, -0.15) is 0 Å². The van der Waals surface area contributed by atoms with E-state index < -0.39 is 0 Å². The average Bonchev–Trinajstić information content (AvgIpc) is 2.15. The molecule has 0 spiro atoms. The second kappa shape index (κ2) is 4.45. The standard InChI is InChI=1S/C14H29N/c1-9(2)11(5)14(8-7-13(14)15)12(6)10(3)4/h9-13H,7-8,15H2,1-6H3. The molecule has 0 radical (unpaired) electrons. The molecule has 1 rings (SSSR count). The van der Waals surface area contributed by atoms with Gasteiger partial charge >= 0.3 is 0 Å². The molecule has 1 heteroatoms. The summed E-state index contributed by atoms with van der Waals surface area (Å²) in [5.74, 6) is 2.99. The van der Waals surface area contributed by atoms with Crippen molar-refractivity contribution >= 4 is 0 Å². The Labute approximate surface area is 95.8 Å². The quantitative estimate of drug-likeness (QED) is 0.754. The minimum Gasteiger partial charge on any atom is -0.327 e. The van der Waals surface area contributed by atoms with Crippen molar-refractivity contribution in [3.8, 4) is 0 Å². The molecule has 0 amide bonds. The van der Waals surface area contributed by atoms with Crippen LogP contribution in [0.4, 0.5) is 0 Å². The predicted octanol–water partition coefficient (Wildman–Crippen LogP) is 3.68. The fourth-order valence-corrected chi connectivity index (χ4v) is 3.43. The molecule has 3 atom stereocenters. The lowest BCUT2D eigenvalue weighted by molar-refractivity contribution is -0.0633. The molecule has 15 heavy (non-hydrogen) atoms. The highest BCUT2D eigenvalue weighted by atomic mass is 14.8. The lowest BCUT2D eigenvalue weighted by atomic mass is 9.49. The Hall–Kier alpha value is -0.0400. The first-order valence-corrected chi connectivity index (χ1v) is 6.59. The molecule has 0 aromatic carbocycles. The summed E-state index contributed by atoms with van der Waals surface area (Å²) in [6.45, 7) is 14.2. The van der Waals surface area contributed by atoms with Crippen molar-refractivity contribution < 1.29 is 0 Å². The summed E-state index contributed by atoms with van der Waals surface area (Å²) in [7, 11) is 0. The maximum Gasteiger partial charge on any atom is 0.0101 e. The highest BCUT2D eigenvalue weighted by Gasteiger charge is 2.53. The minimum atomic E-state index is 0.419. The van der Waals surface area contributed by atoms with Crippen LogP contribution in [-0.2, 0) is 0 Å². The molecule has 0 aromatic rings. The van der Waals surface area contributed by atoms with Crippen LogP contribution in [0.2, 0.25) is 0 Å². The van der Waals surface area contributed by atoms with E-state index in [1.807, 2.05) is 0 Å². The summed E-state index contributed by atoms with van der Waals surface area (Å²) in [5, 5.41) is 0. The second-order valence-corrected chi connectivity index (χ2v) is 6.32. The van der Waals surface area contributed by atoms with E-state index in [2.05, 4.69) is 41.5 Å². The summed E-state index contributed by atoms with van der Waals surface area (Å²) in [6.07, 6.45) is 2.57. The third-order valence-electron chi connectivity index (χ3n) is 5.27. The fraction of sp³-hybridized carbons (Fsp3) is 1.00. The maximum absolute atomic E-state index is 6.34. The Balaban J connectivity index is 2.89. The lowest BCUT2D eigenvalue weighted by Crippen LogP contribution is -2.59. The number of hydrogen-bond acceptors (Lipinski definition) is 1. The van der Waals surface area contributed by atoms with Crippen LogP contribution in [0.3, 0.4) is 0 Å². The van der Waals surface area contributed by atoms with Crippen molar-refractivity contribution in [3.63, 3.8) is 0 Å². The van der Waals surface area contributed by atoms with Gasteiger partial charge in [-0.3, -0.25) is 0 Å². The van der Waals surface area contributed by atoms with Crippen LogP contribution in [0.15, 0.2) is 0 Å². The molecule has 0 saturated heterocycles. The monoisotopic (exact) mass is 211 g/mol. The zero-order valence-corrected chi connectivity index (χ0v) is 11.4. The van der Waals surface area contributed by atoms with E-state index in [4.69, 9.17) is 5.73 Å². The lowest BCUT2D eigenvalue weighted by Gasteiger charge is -2.58. The second-order valence-electron chi connectivity index (χ2n) is 6.32. The fourth-order valence-electron chi connectivity index (χ4n) is 3.43. The van der Waals surface area contributed by atoms with Crippen LogP contribution in [0, 0.1) is 29.1 Å². The molecule has 2 N–H and O–H groups in total. The van der Waals surface area contributed by atoms with Crippen molar-refractivity contribution in [1.29, 1.82) is 0 Å². The highest BCUT2D eigenvalue weighted by molar-refractivity contribution is 5.05. The van der Waals surface area contributed by atoms with Gasteiger partial charge in [0.2, 0.25) is 0 Å². The van der Waals surface area contributed by atoms with Crippen molar-refractivity contribution in [2.75, 3.05) is 0 Å². The van der Waals surface area contributed by atoms with Gasteiger partial charge in [-0.05, 0) is 41.9 Å². The smallest absolute Gasteiger partial charge is 0.0101 e. The number of nitrogens with two attached hydrogens (primary N) is 1. The van der Waals surface area contributed by atoms with Gasteiger partial charge in [0.05, 0.1) is 0 Å². The Bertz CT molecular complexity index is 193. The Morgan fingerprint density at radius 3 is 1.47 bits per heavy atom. The molecule has 0 bridgehead atoms. The van der Waals surface area contributed by atoms with E-state index in [1.54, 1.807) is 0 Å². The van der Waals surface area contributed by atoms with Gasteiger partial charge in [-0.1, -0.05) is 41.5 Å². The molecule has 0 heterocycles. The highest BCUT2D eigenvalue weighted by Crippen LogP contribution is 2.55. The predicted molar refractivity (Wildman–Crippen MR) is 67.6 cm³/mol. The van der Waals surface area contributed by atoms with Crippen molar-refractivity contribution in [3.05, 3.63) is 0 Å². The summed E-state index contributed by atoms with van der Waals surface area (Å²) in [6, 6.07) is 0.437. The summed E-state index contributed by atoms with van der Waals surface area (Å²) in [5.41, 5.74) is 6.75. The van der Waals surface area contributed by atoms with E-state index in [-0.39, 0.29) is 0 Å². The van der Waals surface area contributed by atoms with Gasteiger partial charge in [-0.25, -0.2) is 0 Å². The minimum absolute atomic E-state index is 0.419. The van der Waals surface area contributed by atoms with Gasteiger partial charge in [0.15, 0.2) is 0 Å². The van der Waals surface area contributed by atoms with Crippen LogP contribution in [0.1, 0.15) is 54.4 Å². The molecule has 3 unspecified atom stereocenters. The van der Waals surface area contributed by atoms with E-state index in [0.29, 0.717) is 11.5 Å². The first-order valence-electron chi connectivity index (χ1n) is 6.59. The molecule has 90 valence electrons. The average molecular weight is 211 g/mol. The zero-order valence-electron chi connectivity index (χ0n) is 11.4. The van der Waals surface area contributed by atoms with Crippen LogP contribution in [-0.4, -0.2) is 6.04 Å². The van der Waals surface area contributed by atoms with Gasteiger partial charge in [0.25, 0.3) is 0 Å². The van der Waals surface area contributed by atoms with Gasteiger partial charge < -0.3 is 5.73 Å². The van der Waals surface area contributed by atoms with Crippen LogP contribution in [0.5, 0.6) is 0 Å². The largest absolute Gasteiger partial charge is 0.327 e. The number of rotatable bonds is 4. The molecule has 1 saturated carbocycles. The Morgan fingerprint density at radius 2 is 1.33 bits per heavy atom. The van der Waals surface area contributed by atoms with Crippen molar-refractivity contribution in [1.82, 2.24) is 0 Å². The first kappa shape index (κ1) is 13.0. The molecule has 1 aliphatic carbocycles. The SMILES string of the molecule is CC(C)C(C)C1(C(C)C(C)C)CCC1N. The third-order valence-corrected chi connectivity index (χ3v) is 5.27. The Morgan fingerprint density at radius 1 is 0.933 bits per heavy atom. The summed E-state index contributed by atoms with van der Waals surface area (Å²) >= 11 is 0. The molecular weight excluding hydrogens is 182 g/mol. The van der Waals surface area contributed by atoms with Gasteiger partial charge in [-0.15, -0.1) is 0 Å².